The van der Waals surface area contributed by atoms with Gasteiger partial charge in [-0.2, -0.15) is 5.10 Å². The summed E-state index contributed by atoms with van der Waals surface area (Å²) < 4.78 is 1.84. The van der Waals surface area contributed by atoms with Crippen LogP contribution in [0, 0.1) is 11.8 Å². The molecule has 100 valence electrons. The van der Waals surface area contributed by atoms with E-state index in [1.807, 2.05) is 17.9 Å². The summed E-state index contributed by atoms with van der Waals surface area (Å²) in [5, 5.41) is 15.0. The molecule has 0 saturated heterocycles. The molecule has 2 atom stereocenters. The number of hydrogen-bond acceptors (Lipinski definition) is 2. The lowest BCUT2D eigenvalue weighted by molar-refractivity contribution is -0.0266. The third-order valence-electron chi connectivity index (χ3n) is 4.79. The summed E-state index contributed by atoms with van der Waals surface area (Å²) in [6.45, 7) is 0. The standard InChI is InChI=1S/C15H24N2O/c1-17-11-12(10-16-17)6-8-15(18)7-2-3-14(9-15)13-4-5-13/h10-11,13-14,18H,2-9H2,1H3. The van der Waals surface area contributed by atoms with Crippen LogP contribution in [0.25, 0.3) is 0 Å². The maximum Gasteiger partial charge on any atom is 0.0653 e. The van der Waals surface area contributed by atoms with Gasteiger partial charge in [0.05, 0.1) is 11.8 Å². The Balaban J connectivity index is 1.56. The Bertz CT molecular complexity index is 410. The summed E-state index contributed by atoms with van der Waals surface area (Å²) >= 11 is 0. The normalized spacial score (nSPS) is 32.7. The summed E-state index contributed by atoms with van der Waals surface area (Å²) in [4.78, 5) is 0. The van der Waals surface area contributed by atoms with E-state index >= 15 is 0 Å². The summed E-state index contributed by atoms with van der Waals surface area (Å²) in [6, 6.07) is 0. The third-order valence-corrected chi connectivity index (χ3v) is 4.79. The second kappa shape index (κ2) is 4.69. The molecule has 2 saturated carbocycles. The van der Waals surface area contributed by atoms with Crippen LogP contribution in [-0.2, 0) is 13.5 Å². The first-order chi connectivity index (χ1) is 8.65. The zero-order chi connectivity index (χ0) is 12.6. The van der Waals surface area contributed by atoms with Crippen molar-refractivity contribution in [3.63, 3.8) is 0 Å². The monoisotopic (exact) mass is 248 g/mol. The van der Waals surface area contributed by atoms with E-state index in [4.69, 9.17) is 0 Å². The topological polar surface area (TPSA) is 38.0 Å². The van der Waals surface area contributed by atoms with E-state index in [-0.39, 0.29) is 0 Å². The van der Waals surface area contributed by atoms with E-state index in [0.29, 0.717) is 0 Å². The Kier molecular flexibility index (Phi) is 3.18. The molecule has 2 unspecified atom stereocenters. The molecule has 2 aliphatic rings. The van der Waals surface area contributed by atoms with Gasteiger partial charge in [0.15, 0.2) is 0 Å². The first-order valence-electron chi connectivity index (χ1n) is 7.35. The van der Waals surface area contributed by atoms with Gasteiger partial charge in [0, 0.05) is 13.2 Å². The fourth-order valence-corrected chi connectivity index (χ4v) is 3.56. The van der Waals surface area contributed by atoms with Crippen molar-refractivity contribution >= 4 is 0 Å². The van der Waals surface area contributed by atoms with Gasteiger partial charge in [-0.15, -0.1) is 0 Å². The highest BCUT2D eigenvalue weighted by Gasteiger charge is 2.40. The average Bonchev–Trinajstić information content (AvgIpc) is 3.11. The van der Waals surface area contributed by atoms with Crippen LogP contribution in [0.3, 0.4) is 0 Å². The van der Waals surface area contributed by atoms with Crippen LogP contribution in [0.5, 0.6) is 0 Å². The molecular weight excluding hydrogens is 224 g/mol. The first-order valence-corrected chi connectivity index (χ1v) is 7.35. The fraction of sp³-hybridized carbons (Fsp3) is 0.800. The molecule has 3 heteroatoms. The van der Waals surface area contributed by atoms with Crippen molar-refractivity contribution in [2.75, 3.05) is 0 Å². The summed E-state index contributed by atoms with van der Waals surface area (Å²) in [5.41, 5.74) is 0.848. The summed E-state index contributed by atoms with van der Waals surface area (Å²) in [6.07, 6.45) is 13.3. The number of aliphatic hydroxyl groups is 1. The Morgan fingerprint density at radius 3 is 2.89 bits per heavy atom. The van der Waals surface area contributed by atoms with E-state index in [2.05, 4.69) is 11.3 Å². The minimum absolute atomic E-state index is 0.401. The highest BCUT2D eigenvalue weighted by molar-refractivity contribution is 5.05. The van der Waals surface area contributed by atoms with Gasteiger partial charge in [-0.1, -0.05) is 6.42 Å². The van der Waals surface area contributed by atoms with Crippen LogP contribution in [-0.4, -0.2) is 20.5 Å². The van der Waals surface area contributed by atoms with E-state index in [0.717, 1.165) is 37.5 Å². The number of nitrogens with zero attached hydrogens (tertiary/aromatic N) is 2. The van der Waals surface area contributed by atoms with Crippen molar-refractivity contribution in [1.82, 2.24) is 9.78 Å². The van der Waals surface area contributed by atoms with E-state index < -0.39 is 5.60 Å². The third kappa shape index (κ3) is 2.77. The van der Waals surface area contributed by atoms with Crippen molar-refractivity contribution in [1.29, 1.82) is 0 Å². The highest BCUT2D eigenvalue weighted by Crippen LogP contribution is 2.47. The van der Waals surface area contributed by atoms with Crippen molar-refractivity contribution < 1.29 is 5.11 Å². The van der Waals surface area contributed by atoms with Crippen LogP contribution in [0.4, 0.5) is 0 Å². The molecule has 0 amide bonds. The molecular formula is C15H24N2O. The van der Waals surface area contributed by atoms with Crippen LogP contribution < -0.4 is 0 Å². The predicted molar refractivity (Wildman–Crippen MR) is 71.2 cm³/mol. The molecule has 2 aliphatic carbocycles. The van der Waals surface area contributed by atoms with Crippen LogP contribution in [0.2, 0.25) is 0 Å². The minimum Gasteiger partial charge on any atom is -0.390 e. The van der Waals surface area contributed by atoms with Crippen molar-refractivity contribution in [2.24, 2.45) is 18.9 Å². The van der Waals surface area contributed by atoms with Gasteiger partial charge >= 0.3 is 0 Å². The summed E-state index contributed by atoms with van der Waals surface area (Å²) in [7, 11) is 1.95. The summed E-state index contributed by atoms with van der Waals surface area (Å²) in [5.74, 6) is 1.74. The quantitative estimate of drug-likeness (QED) is 0.889. The Morgan fingerprint density at radius 1 is 1.39 bits per heavy atom. The van der Waals surface area contributed by atoms with Gasteiger partial charge in [0.1, 0.15) is 0 Å². The van der Waals surface area contributed by atoms with Crippen molar-refractivity contribution in [3.8, 4) is 0 Å². The van der Waals surface area contributed by atoms with Gasteiger partial charge in [-0.3, -0.25) is 4.68 Å². The predicted octanol–water partition coefficient (Wildman–Crippen LogP) is 2.68. The largest absolute Gasteiger partial charge is 0.390 e. The van der Waals surface area contributed by atoms with Crippen LogP contribution in [0.1, 0.15) is 50.5 Å². The van der Waals surface area contributed by atoms with Gasteiger partial charge < -0.3 is 5.11 Å². The van der Waals surface area contributed by atoms with Gasteiger partial charge in [0.25, 0.3) is 0 Å². The number of rotatable bonds is 4. The first kappa shape index (κ1) is 12.2. The minimum atomic E-state index is -0.401. The molecule has 1 aromatic heterocycles. The van der Waals surface area contributed by atoms with Gasteiger partial charge in [-0.05, 0) is 62.3 Å². The SMILES string of the molecule is Cn1cc(CCC2(O)CCCC(C3CC3)C2)cn1. The molecule has 3 rings (SSSR count). The maximum atomic E-state index is 10.8. The molecule has 18 heavy (non-hydrogen) atoms. The zero-order valence-corrected chi connectivity index (χ0v) is 11.3. The second-order valence-corrected chi connectivity index (χ2v) is 6.44. The van der Waals surface area contributed by atoms with Crippen LogP contribution >= 0.6 is 0 Å². The second-order valence-electron chi connectivity index (χ2n) is 6.44. The zero-order valence-electron chi connectivity index (χ0n) is 11.3. The van der Waals surface area contributed by atoms with Crippen LogP contribution in [0.15, 0.2) is 12.4 Å². The lowest BCUT2D eigenvalue weighted by atomic mass is 9.74. The molecule has 1 aromatic rings. The molecule has 0 bridgehead atoms. The average molecular weight is 248 g/mol. The number of aryl methyl sites for hydroxylation is 2. The Morgan fingerprint density at radius 2 is 2.22 bits per heavy atom. The lowest BCUT2D eigenvalue weighted by Crippen LogP contribution is -2.36. The molecule has 0 aromatic carbocycles. The molecule has 0 radical (unpaired) electrons. The molecule has 1 N–H and O–H groups in total. The Labute approximate surface area is 109 Å². The lowest BCUT2D eigenvalue weighted by Gasteiger charge is -2.37. The van der Waals surface area contributed by atoms with Crippen molar-refractivity contribution in [2.45, 2.75) is 57.0 Å². The molecule has 0 aliphatic heterocycles. The number of aromatic nitrogens is 2. The van der Waals surface area contributed by atoms with Gasteiger partial charge in [-0.25, -0.2) is 0 Å². The molecule has 2 fully saturated rings. The fourth-order valence-electron chi connectivity index (χ4n) is 3.56. The maximum absolute atomic E-state index is 10.8. The number of hydrogen-bond donors (Lipinski definition) is 1. The van der Waals surface area contributed by atoms with E-state index in [1.165, 1.54) is 31.2 Å². The molecule has 1 heterocycles. The smallest absolute Gasteiger partial charge is 0.0653 e. The van der Waals surface area contributed by atoms with Gasteiger partial charge in [0.2, 0.25) is 0 Å². The molecule has 0 spiro atoms. The van der Waals surface area contributed by atoms with E-state index in [1.54, 1.807) is 0 Å². The van der Waals surface area contributed by atoms with E-state index in [9.17, 15) is 5.11 Å². The molecule has 3 nitrogen and oxygen atoms in total. The Hall–Kier alpha value is -0.830. The van der Waals surface area contributed by atoms with Crippen molar-refractivity contribution in [3.05, 3.63) is 18.0 Å². The highest BCUT2D eigenvalue weighted by atomic mass is 16.3.